The molecular formula is C21H25N5O2S. The summed E-state index contributed by atoms with van der Waals surface area (Å²) in [6.07, 6.45) is 3.88. The van der Waals surface area contributed by atoms with Gasteiger partial charge in [-0.1, -0.05) is 18.2 Å². The molecule has 0 spiro atoms. The summed E-state index contributed by atoms with van der Waals surface area (Å²) in [5.74, 6) is -0.0863. The second-order valence-corrected chi connectivity index (χ2v) is 7.43. The number of rotatable bonds is 10. The minimum Gasteiger partial charge on any atom is -0.387 e. The molecule has 8 heteroatoms. The van der Waals surface area contributed by atoms with Crippen molar-refractivity contribution in [2.45, 2.75) is 18.9 Å². The van der Waals surface area contributed by atoms with Crippen LogP contribution in [0.3, 0.4) is 0 Å². The molecular weight excluding hydrogens is 386 g/mol. The molecule has 1 aromatic carbocycles. The standard InChI is InChI=1S/C21H25N5O2S/c1-22-21-26-18(14-29-21)11-20(28)25-17-6-4-15(5-7-17)8-10-24-13-19(27)16-3-2-9-23-12-16/h2-7,9,12,14,19,24,27H,8,10-11,13H2,1H3,(H,22,26)(H,25,28)/t19-/m0/s1. The molecule has 3 aromatic rings. The number of carbonyl (C=O) groups excluding carboxylic acids is 1. The van der Waals surface area contributed by atoms with Gasteiger partial charge in [-0.15, -0.1) is 11.3 Å². The highest BCUT2D eigenvalue weighted by Gasteiger charge is 2.08. The maximum atomic E-state index is 12.2. The number of carbonyl (C=O) groups is 1. The summed E-state index contributed by atoms with van der Waals surface area (Å²) in [4.78, 5) is 20.5. The molecule has 2 aromatic heterocycles. The number of benzene rings is 1. The zero-order valence-electron chi connectivity index (χ0n) is 16.3. The predicted octanol–water partition coefficient (Wildman–Crippen LogP) is 2.63. The Hall–Kier alpha value is -2.81. The first kappa shape index (κ1) is 20.9. The van der Waals surface area contributed by atoms with Crippen LogP contribution in [0.25, 0.3) is 0 Å². The van der Waals surface area contributed by atoms with E-state index in [0.717, 1.165) is 40.6 Å². The average molecular weight is 412 g/mol. The number of aliphatic hydroxyl groups is 1. The van der Waals surface area contributed by atoms with E-state index in [1.54, 1.807) is 12.4 Å². The third-order valence-corrected chi connectivity index (χ3v) is 5.25. The number of hydrogen-bond donors (Lipinski definition) is 4. The minimum atomic E-state index is -0.566. The first-order chi connectivity index (χ1) is 14.1. The highest BCUT2D eigenvalue weighted by Crippen LogP contribution is 2.16. The summed E-state index contributed by atoms with van der Waals surface area (Å²) >= 11 is 1.48. The summed E-state index contributed by atoms with van der Waals surface area (Å²) in [5.41, 5.74) is 3.49. The summed E-state index contributed by atoms with van der Waals surface area (Å²) in [5, 5.41) is 21.9. The van der Waals surface area contributed by atoms with Gasteiger partial charge >= 0.3 is 0 Å². The topological polar surface area (TPSA) is 99.2 Å². The lowest BCUT2D eigenvalue weighted by atomic mass is 10.1. The fourth-order valence-corrected chi connectivity index (χ4v) is 3.46. The molecule has 0 unspecified atom stereocenters. The third kappa shape index (κ3) is 6.63. The van der Waals surface area contributed by atoms with Gasteiger partial charge in [-0.2, -0.15) is 0 Å². The maximum Gasteiger partial charge on any atom is 0.230 e. The van der Waals surface area contributed by atoms with Gasteiger partial charge in [-0.3, -0.25) is 9.78 Å². The number of amides is 1. The zero-order chi connectivity index (χ0) is 20.5. The molecule has 3 rings (SSSR count). The number of nitrogens with one attached hydrogen (secondary N) is 3. The van der Waals surface area contributed by atoms with E-state index in [9.17, 15) is 9.90 Å². The number of aromatic nitrogens is 2. The highest BCUT2D eigenvalue weighted by atomic mass is 32.1. The number of aliphatic hydroxyl groups excluding tert-OH is 1. The third-order valence-electron chi connectivity index (χ3n) is 4.34. The van der Waals surface area contributed by atoms with Gasteiger partial charge < -0.3 is 21.1 Å². The summed E-state index contributed by atoms with van der Waals surface area (Å²) in [6, 6.07) is 11.5. The van der Waals surface area contributed by atoms with E-state index in [4.69, 9.17) is 0 Å². The molecule has 0 aliphatic rings. The van der Waals surface area contributed by atoms with E-state index in [1.807, 2.05) is 48.8 Å². The fraction of sp³-hybridized carbons (Fsp3) is 0.286. The van der Waals surface area contributed by atoms with Crippen LogP contribution < -0.4 is 16.0 Å². The zero-order valence-corrected chi connectivity index (χ0v) is 17.1. The van der Waals surface area contributed by atoms with Crippen molar-refractivity contribution in [2.75, 3.05) is 30.8 Å². The molecule has 0 saturated heterocycles. The van der Waals surface area contributed by atoms with Gasteiger partial charge in [0, 0.05) is 42.6 Å². The van der Waals surface area contributed by atoms with Crippen LogP contribution in [0.4, 0.5) is 10.8 Å². The maximum absolute atomic E-state index is 12.2. The second kappa shape index (κ2) is 10.7. The number of hydrogen-bond acceptors (Lipinski definition) is 7. The van der Waals surface area contributed by atoms with Crippen molar-refractivity contribution in [1.82, 2.24) is 15.3 Å². The van der Waals surface area contributed by atoms with E-state index >= 15 is 0 Å². The first-order valence-electron chi connectivity index (χ1n) is 9.43. The lowest BCUT2D eigenvalue weighted by molar-refractivity contribution is -0.115. The number of pyridine rings is 1. The van der Waals surface area contributed by atoms with Gasteiger partial charge in [0.2, 0.25) is 5.91 Å². The van der Waals surface area contributed by atoms with Crippen molar-refractivity contribution in [3.63, 3.8) is 0 Å². The molecule has 2 heterocycles. The van der Waals surface area contributed by atoms with Crippen LogP contribution in [0.5, 0.6) is 0 Å². The van der Waals surface area contributed by atoms with Crippen LogP contribution in [0.1, 0.15) is 22.9 Å². The van der Waals surface area contributed by atoms with Crippen molar-refractivity contribution in [2.24, 2.45) is 0 Å². The Labute approximate surface area is 174 Å². The van der Waals surface area contributed by atoms with Gasteiger partial charge in [-0.25, -0.2) is 4.98 Å². The Morgan fingerprint density at radius 3 is 2.76 bits per heavy atom. The molecule has 0 aliphatic carbocycles. The van der Waals surface area contributed by atoms with Crippen LogP contribution in [-0.4, -0.2) is 41.1 Å². The van der Waals surface area contributed by atoms with Crippen LogP contribution in [0.2, 0.25) is 0 Å². The van der Waals surface area contributed by atoms with Crippen LogP contribution in [0, 0.1) is 0 Å². The van der Waals surface area contributed by atoms with E-state index < -0.39 is 6.10 Å². The highest BCUT2D eigenvalue weighted by molar-refractivity contribution is 7.13. The van der Waals surface area contributed by atoms with Crippen molar-refractivity contribution in [3.8, 4) is 0 Å². The molecule has 4 N–H and O–H groups in total. The molecule has 1 amide bonds. The molecule has 0 saturated carbocycles. The average Bonchev–Trinajstić information content (AvgIpc) is 3.20. The van der Waals surface area contributed by atoms with Crippen LogP contribution in [0.15, 0.2) is 54.2 Å². The smallest absolute Gasteiger partial charge is 0.230 e. The molecule has 0 aliphatic heterocycles. The van der Waals surface area contributed by atoms with Crippen LogP contribution in [-0.2, 0) is 17.6 Å². The lowest BCUT2D eigenvalue weighted by Crippen LogP contribution is -2.23. The Bertz CT molecular complexity index is 899. The molecule has 152 valence electrons. The first-order valence-corrected chi connectivity index (χ1v) is 10.3. The molecule has 0 bridgehead atoms. The number of anilines is 2. The van der Waals surface area contributed by atoms with Crippen molar-refractivity contribution >= 4 is 28.1 Å². The van der Waals surface area contributed by atoms with Gasteiger partial charge in [0.25, 0.3) is 0 Å². The van der Waals surface area contributed by atoms with Gasteiger partial charge in [0.1, 0.15) is 0 Å². The van der Waals surface area contributed by atoms with E-state index in [0.29, 0.717) is 6.54 Å². The van der Waals surface area contributed by atoms with E-state index in [2.05, 4.69) is 25.9 Å². The molecule has 7 nitrogen and oxygen atoms in total. The molecule has 0 radical (unpaired) electrons. The predicted molar refractivity (Wildman–Crippen MR) is 116 cm³/mol. The van der Waals surface area contributed by atoms with Gasteiger partial charge in [0.05, 0.1) is 18.2 Å². The minimum absolute atomic E-state index is 0.0863. The fourth-order valence-electron chi connectivity index (χ4n) is 2.79. The largest absolute Gasteiger partial charge is 0.387 e. The second-order valence-electron chi connectivity index (χ2n) is 6.57. The number of nitrogens with zero attached hydrogens (tertiary/aromatic N) is 2. The van der Waals surface area contributed by atoms with Gasteiger partial charge in [0.15, 0.2) is 5.13 Å². The Kier molecular flexibility index (Phi) is 7.69. The Balaban J connectivity index is 1.38. The summed E-state index contributed by atoms with van der Waals surface area (Å²) < 4.78 is 0. The monoisotopic (exact) mass is 411 g/mol. The SMILES string of the molecule is CNc1nc(CC(=O)Nc2ccc(CCNC[C@H](O)c3cccnc3)cc2)cs1. The van der Waals surface area contributed by atoms with Gasteiger partial charge in [-0.05, 0) is 36.7 Å². The van der Waals surface area contributed by atoms with Crippen LogP contribution >= 0.6 is 11.3 Å². The summed E-state index contributed by atoms with van der Waals surface area (Å²) in [6.45, 7) is 1.23. The van der Waals surface area contributed by atoms with Crippen molar-refractivity contribution in [1.29, 1.82) is 0 Å². The molecule has 0 fully saturated rings. The Morgan fingerprint density at radius 2 is 2.07 bits per heavy atom. The number of thiazole rings is 1. The van der Waals surface area contributed by atoms with E-state index in [-0.39, 0.29) is 12.3 Å². The lowest BCUT2D eigenvalue weighted by Gasteiger charge is -2.12. The van der Waals surface area contributed by atoms with Crippen molar-refractivity contribution in [3.05, 3.63) is 71.0 Å². The Morgan fingerprint density at radius 1 is 1.24 bits per heavy atom. The van der Waals surface area contributed by atoms with Crippen molar-refractivity contribution < 1.29 is 9.90 Å². The summed E-state index contributed by atoms with van der Waals surface area (Å²) in [7, 11) is 1.81. The molecule has 1 atom stereocenters. The normalized spacial score (nSPS) is 11.8. The molecule has 29 heavy (non-hydrogen) atoms. The van der Waals surface area contributed by atoms with E-state index in [1.165, 1.54) is 11.3 Å². The quantitative estimate of drug-likeness (QED) is 0.383.